The molecule has 0 saturated carbocycles. The molecule has 1 aromatic carbocycles. The predicted octanol–water partition coefficient (Wildman–Crippen LogP) is 3.23. The monoisotopic (exact) mass is 348 g/mol. The van der Waals surface area contributed by atoms with Crippen LogP contribution in [0.15, 0.2) is 48.8 Å². The number of hydrogen-bond donors (Lipinski definition) is 2. The Morgan fingerprint density at radius 2 is 2.12 bits per heavy atom. The number of carbonyl (C=O) groups is 2. The van der Waals surface area contributed by atoms with Crippen molar-refractivity contribution in [2.75, 3.05) is 11.9 Å². The number of nitrogens with zero attached hydrogens (tertiary/aromatic N) is 2. The molecule has 2 amide bonds. The fourth-order valence-electron chi connectivity index (χ4n) is 3.39. The van der Waals surface area contributed by atoms with Gasteiger partial charge in [-0.3, -0.25) is 14.6 Å². The van der Waals surface area contributed by atoms with Gasteiger partial charge in [-0.1, -0.05) is 13.0 Å². The standard InChI is InChI=1S/C20H20N4O2/c1-12-10-22-20(26)18-8-14-5-6-15(9-17(14)24(18)13(12)2)19(25)23-16-4-3-7-21-11-16/h3-9,11-13H,10H2,1-2H3,(H,22,26)(H,23,25). The molecule has 0 saturated heterocycles. The van der Waals surface area contributed by atoms with Crippen LogP contribution in [0.2, 0.25) is 0 Å². The molecule has 6 nitrogen and oxygen atoms in total. The van der Waals surface area contributed by atoms with E-state index in [1.807, 2.05) is 22.8 Å². The molecule has 1 aliphatic rings. The number of aromatic nitrogens is 2. The third kappa shape index (κ3) is 2.73. The largest absolute Gasteiger partial charge is 0.350 e. The molecule has 2 atom stereocenters. The van der Waals surface area contributed by atoms with Crippen LogP contribution in [-0.2, 0) is 0 Å². The van der Waals surface area contributed by atoms with Gasteiger partial charge in [0, 0.05) is 35.2 Å². The smallest absolute Gasteiger partial charge is 0.267 e. The molecule has 26 heavy (non-hydrogen) atoms. The van der Waals surface area contributed by atoms with Crippen molar-refractivity contribution >= 4 is 28.4 Å². The number of anilines is 1. The van der Waals surface area contributed by atoms with E-state index in [1.165, 1.54) is 0 Å². The molecule has 4 rings (SSSR count). The molecular formula is C20H20N4O2. The van der Waals surface area contributed by atoms with E-state index in [0.717, 1.165) is 10.9 Å². The molecule has 0 fully saturated rings. The molecule has 6 heteroatoms. The molecule has 3 aromatic rings. The lowest BCUT2D eigenvalue weighted by molar-refractivity contribution is 0.0948. The van der Waals surface area contributed by atoms with Gasteiger partial charge >= 0.3 is 0 Å². The molecule has 1 aliphatic heterocycles. The third-order valence-corrected chi connectivity index (χ3v) is 5.07. The molecule has 2 N–H and O–H groups in total. The Kier molecular flexibility index (Phi) is 3.95. The van der Waals surface area contributed by atoms with E-state index in [1.54, 1.807) is 30.6 Å². The van der Waals surface area contributed by atoms with Crippen molar-refractivity contribution in [2.45, 2.75) is 19.9 Å². The summed E-state index contributed by atoms with van der Waals surface area (Å²) in [5.41, 5.74) is 2.73. The van der Waals surface area contributed by atoms with Crippen LogP contribution < -0.4 is 10.6 Å². The van der Waals surface area contributed by atoms with Gasteiger partial charge in [0.1, 0.15) is 5.69 Å². The number of fused-ring (bicyclic) bond motifs is 3. The van der Waals surface area contributed by atoms with Gasteiger partial charge in [0.05, 0.1) is 11.9 Å². The molecule has 132 valence electrons. The second-order valence-corrected chi connectivity index (χ2v) is 6.80. The van der Waals surface area contributed by atoms with Crippen LogP contribution in [0.25, 0.3) is 10.9 Å². The Morgan fingerprint density at radius 3 is 2.88 bits per heavy atom. The van der Waals surface area contributed by atoms with Crippen LogP contribution in [0, 0.1) is 5.92 Å². The first-order valence-electron chi connectivity index (χ1n) is 8.69. The van der Waals surface area contributed by atoms with E-state index in [4.69, 9.17) is 0 Å². The van der Waals surface area contributed by atoms with E-state index < -0.39 is 0 Å². The second-order valence-electron chi connectivity index (χ2n) is 6.80. The van der Waals surface area contributed by atoms with Crippen molar-refractivity contribution in [1.82, 2.24) is 14.9 Å². The highest BCUT2D eigenvalue weighted by molar-refractivity contribution is 6.07. The van der Waals surface area contributed by atoms with E-state index in [2.05, 4.69) is 29.5 Å². The number of amides is 2. The van der Waals surface area contributed by atoms with Crippen LogP contribution in [0.1, 0.15) is 40.7 Å². The lowest BCUT2D eigenvalue weighted by Gasteiger charge is -2.20. The van der Waals surface area contributed by atoms with Gasteiger partial charge in [0.2, 0.25) is 0 Å². The third-order valence-electron chi connectivity index (χ3n) is 5.07. The van der Waals surface area contributed by atoms with Crippen LogP contribution in [0.4, 0.5) is 5.69 Å². The Hall–Kier alpha value is -3.15. The molecule has 0 radical (unpaired) electrons. The van der Waals surface area contributed by atoms with Gasteiger partial charge in [-0.25, -0.2) is 0 Å². The predicted molar refractivity (Wildman–Crippen MR) is 100 cm³/mol. The van der Waals surface area contributed by atoms with Gasteiger partial charge in [0.25, 0.3) is 11.8 Å². The number of benzene rings is 1. The van der Waals surface area contributed by atoms with Gasteiger partial charge in [-0.05, 0) is 43.2 Å². The first-order valence-corrected chi connectivity index (χ1v) is 8.69. The summed E-state index contributed by atoms with van der Waals surface area (Å²) in [6, 6.07) is 11.1. The van der Waals surface area contributed by atoms with Crippen LogP contribution in [-0.4, -0.2) is 27.9 Å². The minimum absolute atomic E-state index is 0.0706. The molecule has 2 unspecified atom stereocenters. The van der Waals surface area contributed by atoms with E-state index in [9.17, 15) is 9.59 Å². The number of nitrogens with one attached hydrogen (secondary N) is 2. The van der Waals surface area contributed by atoms with Crippen molar-refractivity contribution in [3.05, 3.63) is 60.0 Å². The van der Waals surface area contributed by atoms with Gasteiger partial charge in [0.15, 0.2) is 0 Å². The van der Waals surface area contributed by atoms with Crippen molar-refractivity contribution < 1.29 is 9.59 Å². The summed E-state index contributed by atoms with van der Waals surface area (Å²) in [6.07, 6.45) is 3.26. The lowest BCUT2D eigenvalue weighted by Crippen LogP contribution is -2.26. The molecule has 2 aromatic heterocycles. The number of rotatable bonds is 2. The zero-order valence-corrected chi connectivity index (χ0v) is 14.7. The molecule has 0 aliphatic carbocycles. The highest BCUT2D eigenvalue weighted by atomic mass is 16.2. The average molecular weight is 348 g/mol. The normalized spacial score (nSPS) is 19.5. The molecule has 3 heterocycles. The Labute approximate surface area is 151 Å². The zero-order chi connectivity index (χ0) is 18.3. The summed E-state index contributed by atoms with van der Waals surface area (Å²) >= 11 is 0. The fourth-order valence-corrected chi connectivity index (χ4v) is 3.39. The zero-order valence-electron chi connectivity index (χ0n) is 14.7. The van der Waals surface area contributed by atoms with Crippen molar-refractivity contribution in [3.63, 3.8) is 0 Å². The van der Waals surface area contributed by atoms with Crippen molar-refractivity contribution in [3.8, 4) is 0 Å². The molecule has 0 spiro atoms. The Bertz CT molecular complexity index is 994. The second kappa shape index (κ2) is 6.29. The van der Waals surface area contributed by atoms with Gasteiger partial charge in [-0.15, -0.1) is 0 Å². The highest BCUT2D eigenvalue weighted by Crippen LogP contribution is 2.30. The first-order chi connectivity index (χ1) is 12.5. The van der Waals surface area contributed by atoms with Crippen molar-refractivity contribution in [1.29, 1.82) is 0 Å². The number of carbonyl (C=O) groups excluding carboxylic acids is 2. The number of hydrogen-bond acceptors (Lipinski definition) is 3. The Balaban J connectivity index is 1.76. The average Bonchev–Trinajstić information content (AvgIpc) is 3.00. The minimum Gasteiger partial charge on any atom is -0.350 e. The van der Waals surface area contributed by atoms with E-state index in [0.29, 0.717) is 29.4 Å². The summed E-state index contributed by atoms with van der Waals surface area (Å²) in [5, 5.41) is 6.76. The maximum atomic E-state index is 12.6. The lowest BCUT2D eigenvalue weighted by atomic mass is 10.0. The SMILES string of the molecule is CC1CNC(=O)c2cc3ccc(C(=O)Nc4cccnc4)cc3n2C1C. The van der Waals surface area contributed by atoms with Crippen LogP contribution in [0.3, 0.4) is 0 Å². The Morgan fingerprint density at radius 1 is 1.27 bits per heavy atom. The summed E-state index contributed by atoms with van der Waals surface area (Å²) in [7, 11) is 0. The van der Waals surface area contributed by atoms with Gasteiger partial charge < -0.3 is 15.2 Å². The highest BCUT2D eigenvalue weighted by Gasteiger charge is 2.27. The quantitative estimate of drug-likeness (QED) is 0.746. The maximum absolute atomic E-state index is 12.6. The van der Waals surface area contributed by atoms with E-state index >= 15 is 0 Å². The van der Waals surface area contributed by atoms with Gasteiger partial charge in [-0.2, -0.15) is 0 Å². The summed E-state index contributed by atoms with van der Waals surface area (Å²) in [6.45, 7) is 4.87. The van der Waals surface area contributed by atoms with Crippen molar-refractivity contribution in [2.24, 2.45) is 5.92 Å². The summed E-state index contributed by atoms with van der Waals surface area (Å²) in [5.74, 6) is 0.0247. The summed E-state index contributed by atoms with van der Waals surface area (Å²) < 4.78 is 2.04. The summed E-state index contributed by atoms with van der Waals surface area (Å²) in [4.78, 5) is 29.0. The first kappa shape index (κ1) is 16.3. The molecule has 0 bridgehead atoms. The fraction of sp³-hybridized carbons (Fsp3) is 0.250. The minimum atomic E-state index is -0.200. The topological polar surface area (TPSA) is 76.0 Å². The molecular weight excluding hydrogens is 328 g/mol. The maximum Gasteiger partial charge on any atom is 0.267 e. The van der Waals surface area contributed by atoms with Crippen LogP contribution in [0.5, 0.6) is 0 Å². The van der Waals surface area contributed by atoms with E-state index in [-0.39, 0.29) is 17.9 Å². The van der Waals surface area contributed by atoms with Crippen LogP contribution >= 0.6 is 0 Å². The number of pyridine rings is 1.